The average Bonchev–Trinajstić information content (AvgIpc) is 3.25. The number of nitrogens with one attached hydrogen (secondary N) is 2. The number of benzene rings is 2. The number of anilines is 2. The molecule has 1 aromatic heterocycles. The van der Waals surface area contributed by atoms with Gasteiger partial charge in [-0.3, -0.25) is 14.5 Å². The Labute approximate surface area is 198 Å². The van der Waals surface area contributed by atoms with Crippen molar-refractivity contribution in [2.75, 3.05) is 43.9 Å². The minimum Gasteiger partial charge on any atom is -0.326 e. The summed E-state index contributed by atoms with van der Waals surface area (Å²) in [6.07, 6.45) is 0.214. The molecular formula is C25H29N5O2S. The zero-order chi connectivity index (χ0) is 23.2. The molecule has 0 aliphatic carbocycles. The van der Waals surface area contributed by atoms with Gasteiger partial charge in [-0.05, 0) is 36.9 Å². The lowest BCUT2D eigenvalue weighted by molar-refractivity contribution is -0.116. The summed E-state index contributed by atoms with van der Waals surface area (Å²) in [5.41, 5.74) is 4.51. The van der Waals surface area contributed by atoms with Gasteiger partial charge in [-0.15, -0.1) is 11.3 Å². The van der Waals surface area contributed by atoms with Gasteiger partial charge in [0.15, 0.2) is 0 Å². The van der Waals surface area contributed by atoms with Gasteiger partial charge in [0.05, 0.1) is 12.1 Å². The lowest BCUT2D eigenvalue weighted by atomic mass is 10.1. The summed E-state index contributed by atoms with van der Waals surface area (Å²) in [5, 5.41) is 8.44. The number of carbonyl (C=O) groups excluding carboxylic acids is 2. The van der Waals surface area contributed by atoms with Crippen LogP contribution in [0.2, 0.25) is 0 Å². The fraction of sp³-hybridized carbons (Fsp3) is 0.320. The smallest absolute Gasteiger partial charge is 0.230 e. The Morgan fingerprint density at radius 1 is 0.939 bits per heavy atom. The van der Waals surface area contributed by atoms with Crippen molar-refractivity contribution in [2.45, 2.75) is 19.9 Å². The highest BCUT2D eigenvalue weighted by atomic mass is 32.1. The average molecular weight is 464 g/mol. The molecule has 2 aromatic carbocycles. The molecule has 1 aliphatic heterocycles. The van der Waals surface area contributed by atoms with Gasteiger partial charge in [-0.2, -0.15) is 0 Å². The van der Waals surface area contributed by atoms with E-state index in [2.05, 4.69) is 56.7 Å². The van der Waals surface area contributed by atoms with Crippen LogP contribution >= 0.6 is 11.3 Å². The number of carbonyl (C=O) groups is 2. The van der Waals surface area contributed by atoms with Gasteiger partial charge in [0, 0.05) is 62.0 Å². The van der Waals surface area contributed by atoms with E-state index >= 15 is 0 Å². The number of hydrogen-bond donors (Lipinski definition) is 2. The molecule has 4 rings (SSSR count). The molecule has 1 fully saturated rings. The first-order valence-electron chi connectivity index (χ1n) is 11.1. The Balaban J connectivity index is 1.30. The Hall–Kier alpha value is -3.07. The van der Waals surface area contributed by atoms with Gasteiger partial charge in [-0.25, -0.2) is 4.98 Å². The molecule has 2 heterocycles. The van der Waals surface area contributed by atoms with Crippen molar-refractivity contribution in [3.05, 3.63) is 65.2 Å². The number of piperazine rings is 1. The zero-order valence-electron chi connectivity index (χ0n) is 19.0. The van der Waals surface area contributed by atoms with E-state index in [9.17, 15) is 9.59 Å². The summed E-state index contributed by atoms with van der Waals surface area (Å²) in [4.78, 5) is 33.0. The van der Waals surface area contributed by atoms with Crippen molar-refractivity contribution >= 4 is 34.5 Å². The summed E-state index contributed by atoms with van der Waals surface area (Å²) in [6.45, 7) is 6.89. The zero-order valence-corrected chi connectivity index (χ0v) is 19.8. The molecule has 0 saturated carbocycles. The second kappa shape index (κ2) is 10.7. The number of nitrogens with zero attached hydrogens (tertiary/aromatic N) is 3. The predicted molar refractivity (Wildman–Crippen MR) is 133 cm³/mol. The fourth-order valence-corrected chi connectivity index (χ4v) is 4.57. The van der Waals surface area contributed by atoms with Crippen LogP contribution in [-0.4, -0.2) is 59.8 Å². The van der Waals surface area contributed by atoms with E-state index in [4.69, 9.17) is 0 Å². The Kier molecular flexibility index (Phi) is 7.49. The molecule has 172 valence electrons. The third kappa shape index (κ3) is 6.71. The molecule has 2 N–H and O–H groups in total. The molecule has 1 aliphatic rings. The third-order valence-corrected chi connectivity index (χ3v) is 6.53. The van der Waals surface area contributed by atoms with E-state index in [0.717, 1.165) is 49.0 Å². The van der Waals surface area contributed by atoms with Crippen molar-refractivity contribution in [1.29, 1.82) is 0 Å². The molecule has 2 amide bonds. The minimum atomic E-state index is -0.129. The number of rotatable bonds is 7. The Morgan fingerprint density at radius 3 is 2.21 bits per heavy atom. The van der Waals surface area contributed by atoms with Crippen LogP contribution in [0.25, 0.3) is 10.6 Å². The van der Waals surface area contributed by atoms with Crippen molar-refractivity contribution in [3.8, 4) is 10.6 Å². The Bertz CT molecular complexity index is 1090. The summed E-state index contributed by atoms with van der Waals surface area (Å²) in [6, 6.07) is 15.6. The lowest BCUT2D eigenvalue weighted by Crippen LogP contribution is -2.43. The lowest BCUT2D eigenvalue weighted by Gasteiger charge is -2.32. The number of likely N-dealkylation sites (N-methyl/N-ethyl adjacent to an activating group) is 1. The van der Waals surface area contributed by atoms with Crippen LogP contribution in [0.4, 0.5) is 11.4 Å². The van der Waals surface area contributed by atoms with Gasteiger partial charge in [0.2, 0.25) is 11.8 Å². The second-order valence-electron chi connectivity index (χ2n) is 8.40. The molecule has 0 spiro atoms. The SMILES string of the molecule is CC(=O)Nc1ccc(NC(=O)Cc2csc(-c3ccc(CN4CCN(C)CC4)cc3)n2)cc1. The molecule has 0 atom stereocenters. The highest BCUT2D eigenvalue weighted by molar-refractivity contribution is 7.13. The molecule has 1 saturated heterocycles. The Morgan fingerprint density at radius 2 is 1.58 bits per heavy atom. The number of thiazole rings is 1. The first-order valence-corrected chi connectivity index (χ1v) is 11.9. The highest BCUT2D eigenvalue weighted by Gasteiger charge is 2.14. The third-order valence-electron chi connectivity index (χ3n) is 5.59. The van der Waals surface area contributed by atoms with Crippen molar-refractivity contribution in [3.63, 3.8) is 0 Å². The van der Waals surface area contributed by atoms with Crippen molar-refractivity contribution < 1.29 is 9.59 Å². The van der Waals surface area contributed by atoms with E-state index in [1.54, 1.807) is 35.6 Å². The molecule has 0 unspecified atom stereocenters. The highest BCUT2D eigenvalue weighted by Crippen LogP contribution is 2.25. The molecule has 8 heteroatoms. The number of aromatic nitrogens is 1. The second-order valence-corrected chi connectivity index (χ2v) is 9.26. The van der Waals surface area contributed by atoms with Gasteiger partial charge < -0.3 is 15.5 Å². The normalized spacial score (nSPS) is 14.7. The number of amides is 2. The van der Waals surface area contributed by atoms with Crippen LogP contribution < -0.4 is 10.6 Å². The minimum absolute atomic E-state index is 0.123. The van der Waals surface area contributed by atoms with Crippen LogP contribution in [0.15, 0.2) is 53.9 Å². The van der Waals surface area contributed by atoms with Crippen LogP contribution in [0, 0.1) is 0 Å². The standard InChI is InChI=1S/C25H29N5O2S/c1-18(31)26-21-7-9-22(10-8-21)27-24(32)15-23-17-33-25(28-23)20-5-3-19(4-6-20)16-30-13-11-29(2)12-14-30/h3-10,17H,11-16H2,1-2H3,(H,26,31)(H,27,32). The van der Waals surface area contributed by atoms with Gasteiger partial charge >= 0.3 is 0 Å². The molecule has 3 aromatic rings. The van der Waals surface area contributed by atoms with Crippen LogP contribution in [0.1, 0.15) is 18.2 Å². The van der Waals surface area contributed by atoms with Crippen molar-refractivity contribution in [1.82, 2.24) is 14.8 Å². The van der Waals surface area contributed by atoms with Gasteiger partial charge in [0.1, 0.15) is 5.01 Å². The van der Waals surface area contributed by atoms with Crippen LogP contribution in [0.3, 0.4) is 0 Å². The van der Waals surface area contributed by atoms with Gasteiger partial charge in [-0.1, -0.05) is 24.3 Å². The first kappa shape index (κ1) is 23.1. The van der Waals surface area contributed by atoms with E-state index in [1.165, 1.54) is 12.5 Å². The maximum absolute atomic E-state index is 12.4. The van der Waals surface area contributed by atoms with Gasteiger partial charge in [0.25, 0.3) is 0 Å². The topological polar surface area (TPSA) is 77.6 Å². The summed E-state index contributed by atoms with van der Waals surface area (Å²) in [5.74, 6) is -0.252. The molecular weight excluding hydrogens is 434 g/mol. The maximum atomic E-state index is 12.4. The predicted octanol–water partition coefficient (Wildman–Crippen LogP) is 3.70. The monoisotopic (exact) mass is 463 g/mol. The van der Waals surface area contributed by atoms with E-state index in [1.807, 2.05) is 5.38 Å². The van der Waals surface area contributed by atoms with E-state index in [0.29, 0.717) is 11.4 Å². The summed E-state index contributed by atoms with van der Waals surface area (Å²) >= 11 is 1.55. The first-order chi connectivity index (χ1) is 15.9. The van der Waals surface area contributed by atoms with E-state index in [-0.39, 0.29) is 18.2 Å². The van der Waals surface area contributed by atoms with Crippen molar-refractivity contribution in [2.24, 2.45) is 0 Å². The molecule has 0 radical (unpaired) electrons. The maximum Gasteiger partial charge on any atom is 0.230 e. The van der Waals surface area contributed by atoms with Crippen LogP contribution in [-0.2, 0) is 22.6 Å². The quantitative estimate of drug-likeness (QED) is 0.559. The number of hydrogen-bond acceptors (Lipinski definition) is 6. The molecule has 7 nitrogen and oxygen atoms in total. The molecule has 33 heavy (non-hydrogen) atoms. The van der Waals surface area contributed by atoms with E-state index < -0.39 is 0 Å². The largest absolute Gasteiger partial charge is 0.326 e. The van der Waals surface area contributed by atoms with Crippen LogP contribution in [0.5, 0.6) is 0 Å². The molecule has 0 bridgehead atoms. The summed E-state index contributed by atoms with van der Waals surface area (Å²) in [7, 11) is 2.17. The summed E-state index contributed by atoms with van der Waals surface area (Å²) < 4.78 is 0. The fourth-order valence-electron chi connectivity index (χ4n) is 3.75.